The maximum absolute atomic E-state index is 4.62. The van der Waals surface area contributed by atoms with Crippen molar-refractivity contribution in [1.82, 2.24) is 9.97 Å². The third-order valence-electron chi connectivity index (χ3n) is 10.6. The summed E-state index contributed by atoms with van der Waals surface area (Å²) in [6.07, 6.45) is 11.9. The second-order valence-electron chi connectivity index (χ2n) is 14.2. The lowest BCUT2D eigenvalue weighted by Gasteiger charge is -2.19. The molecule has 0 atom stereocenters. The van der Waals surface area contributed by atoms with Gasteiger partial charge in [0, 0.05) is 23.5 Å². The molecule has 2 aromatic heterocycles. The normalized spacial score (nSPS) is 11.5. The number of nitrogens with zero attached hydrogens (tertiary/aromatic N) is 2. The smallest absolute Gasteiger partial charge is 0.0701 e. The highest BCUT2D eigenvalue weighted by Crippen LogP contribution is 2.45. The Bertz CT molecular complexity index is 2920. The van der Waals surface area contributed by atoms with Crippen molar-refractivity contribution >= 4 is 27.1 Å². The molecule has 7 aromatic carbocycles. The molecule has 0 saturated carbocycles. The molecule has 9 rings (SSSR count). The molecule has 0 N–H and O–H groups in total. The molecule has 9 aromatic rings. The van der Waals surface area contributed by atoms with Crippen molar-refractivity contribution < 1.29 is 0 Å². The first-order valence-corrected chi connectivity index (χ1v) is 19.4. The minimum absolute atomic E-state index is 0.960. The van der Waals surface area contributed by atoms with Crippen LogP contribution < -0.4 is 0 Å². The summed E-state index contributed by atoms with van der Waals surface area (Å²) < 4.78 is 0. The zero-order valence-electron chi connectivity index (χ0n) is 31.8. The van der Waals surface area contributed by atoms with Crippen molar-refractivity contribution in [3.8, 4) is 67.0 Å². The van der Waals surface area contributed by atoms with Gasteiger partial charge in [-0.3, -0.25) is 9.97 Å². The lowest BCUT2D eigenvalue weighted by Crippen LogP contribution is -1.93. The second-order valence-corrected chi connectivity index (χ2v) is 14.2. The van der Waals surface area contributed by atoms with Gasteiger partial charge in [0.05, 0.1) is 11.4 Å². The van der Waals surface area contributed by atoms with Crippen molar-refractivity contribution in [2.24, 2.45) is 0 Å². The van der Waals surface area contributed by atoms with E-state index in [1.807, 2.05) is 61.8 Å². The first kappa shape index (κ1) is 35.3. The van der Waals surface area contributed by atoms with Crippen LogP contribution in [0.2, 0.25) is 0 Å². The molecule has 0 aliphatic carbocycles. The van der Waals surface area contributed by atoms with Crippen LogP contribution in [0.25, 0.3) is 94.1 Å². The van der Waals surface area contributed by atoms with Gasteiger partial charge in [-0.25, -0.2) is 0 Å². The maximum atomic E-state index is 4.62. The van der Waals surface area contributed by atoms with Gasteiger partial charge in [0.1, 0.15) is 0 Å². The number of benzene rings is 7. The number of pyridine rings is 2. The minimum Gasteiger partial charge on any atom is -0.256 e. The van der Waals surface area contributed by atoms with Crippen molar-refractivity contribution in [2.75, 3.05) is 0 Å². The van der Waals surface area contributed by atoms with E-state index in [1.165, 1.54) is 43.8 Å². The molecule has 0 bridgehead atoms. The average molecular weight is 729 g/mol. The summed E-state index contributed by atoms with van der Waals surface area (Å²) in [6, 6.07) is 63.1. The van der Waals surface area contributed by atoms with Gasteiger partial charge in [0.15, 0.2) is 0 Å². The molecular weight excluding hydrogens is 689 g/mol. The summed E-state index contributed by atoms with van der Waals surface area (Å²) in [5, 5.41) is 4.81. The van der Waals surface area contributed by atoms with E-state index < -0.39 is 0 Å². The Labute approximate surface area is 334 Å². The Balaban J connectivity index is 1.28. The van der Waals surface area contributed by atoms with Gasteiger partial charge >= 0.3 is 0 Å². The van der Waals surface area contributed by atoms with Crippen LogP contribution in [-0.2, 0) is 0 Å². The average Bonchev–Trinajstić information content (AvgIpc) is 3.29. The van der Waals surface area contributed by atoms with E-state index in [2.05, 4.69) is 174 Å². The predicted octanol–water partition coefficient (Wildman–Crippen LogP) is 14.9. The summed E-state index contributed by atoms with van der Waals surface area (Å²) in [5.74, 6) is 0. The lowest BCUT2D eigenvalue weighted by molar-refractivity contribution is 1.33. The van der Waals surface area contributed by atoms with Crippen LogP contribution in [0.4, 0.5) is 0 Å². The highest BCUT2D eigenvalue weighted by molar-refractivity contribution is 6.22. The lowest BCUT2D eigenvalue weighted by atomic mass is 9.84. The summed E-state index contributed by atoms with van der Waals surface area (Å²) >= 11 is 0. The number of fused-ring (bicyclic) bond motifs is 2. The first-order valence-electron chi connectivity index (χ1n) is 19.4. The fraction of sp³-hybridized carbons (Fsp3) is 0.0182. The molecular formula is C55H40N2. The molecule has 2 heterocycles. The first-order chi connectivity index (χ1) is 28.1. The van der Waals surface area contributed by atoms with E-state index in [-0.39, 0.29) is 0 Å². The molecule has 0 spiro atoms. The van der Waals surface area contributed by atoms with Crippen LogP contribution in [0, 0.1) is 0 Å². The molecule has 270 valence electrons. The van der Waals surface area contributed by atoms with Gasteiger partial charge in [-0.2, -0.15) is 0 Å². The monoisotopic (exact) mass is 728 g/mol. The fourth-order valence-corrected chi connectivity index (χ4v) is 7.82. The van der Waals surface area contributed by atoms with E-state index in [0.29, 0.717) is 0 Å². The summed E-state index contributed by atoms with van der Waals surface area (Å²) in [5.41, 5.74) is 15.5. The number of allylic oxidation sites excluding steroid dienone is 5. The van der Waals surface area contributed by atoms with Crippen LogP contribution in [0.15, 0.2) is 219 Å². The molecule has 2 heteroatoms. The van der Waals surface area contributed by atoms with Gasteiger partial charge in [-0.1, -0.05) is 158 Å². The van der Waals surface area contributed by atoms with Crippen molar-refractivity contribution in [1.29, 1.82) is 0 Å². The molecule has 0 aliphatic rings. The fourth-order valence-electron chi connectivity index (χ4n) is 7.82. The molecule has 0 aliphatic heterocycles. The largest absolute Gasteiger partial charge is 0.256 e. The van der Waals surface area contributed by atoms with E-state index in [0.717, 1.165) is 55.9 Å². The van der Waals surface area contributed by atoms with Crippen molar-refractivity contribution in [3.63, 3.8) is 0 Å². The Morgan fingerprint density at radius 1 is 0.404 bits per heavy atom. The zero-order valence-corrected chi connectivity index (χ0v) is 31.8. The number of rotatable bonds is 9. The molecule has 0 fully saturated rings. The van der Waals surface area contributed by atoms with Crippen LogP contribution in [0.1, 0.15) is 12.5 Å². The summed E-state index contributed by atoms with van der Waals surface area (Å²) in [4.78, 5) is 9.22. The molecule has 57 heavy (non-hydrogen) atoms. The molecule has 0 saturated heterocycles. The highest BCUT2D eigenvalue weighted by Gasteiger charge is 2.19. The number of aromatic nitrogens is 2. The van der Waals surface area contributed by atoms with Crippen molar-refractivity contribution in [3.05, 3.63) is 225 Å². The third-order valence-corrected chi connectivity index (χ3v) is 10.6. The zero-order chi connectivity index (χ0) is 38.6. The van der Waals surface area contributed by atoms with Crippen LogP contribution in [0.5, 0.6) is 0 Å². The van der Waals surface area contributed by atoms with Crippen molar-refractivity contribution in [2.45, 2.75) is 6.92 Å². The SMILES string of the molecule is C=C(/C=C\C=C/C)c1cc(-c2ccccc2)cc(-c2ccc3c(-c4ccc(-c5ccccn5)cc4)c4ccccc4c(-c4ccc(-c5ccccn5)cc4)c3c2)c1. The van der Waals surface area contributed by atoms with Gasteiger partial charge in [-0.15, -0.1) is 0 Å². The number of hydrogen-bond acceptors (Lipinski definition) is 2. The Kier molecular flexibility index (Phi) is 9.75. The van der Waals surface area contributed by atoms with Crippen LogP contribution in [0.3, 0.4) is 0 Å². The third kappa shape index (κ3) is 7.13. The topological polar surface area (TPSA) is 25.8 Å². The summed E-state index contributed by atoms with van der Waals surface area (Å²) in [7, 11) is 0. The Morgan fingerprint density at radius 2 is 0.895 bits per heavy atom. The minimum atomic E-state index is 0.960. The Hall–Kier alpha value is -7.42. The molecule has 2 nitrogen and oxygen atoms in total. The van der Waals surface area contributed by atoms with Crippen LogP contribution >= 0.6 is 0 Å². The number of hydrogen-bond donors (Lipinski definition) is 0. The molecule has 0 amide bonds. The van der Waals surface area contributed by atoms with Gasteiger partial charge in [-0.05, 0) is 133 Å². The van der Waals surface area contributed by atoms with Gasteiger partial charge in [0.25, 0.3) is 0 Å². The van der Waals surface area contributed by atoms with Crippen LogP contribution in [-0.4, -0.2) is 9.97 Å². The standard InChI is InChI=1S/C55H40N2/c1-3-4-6-15-38(2)45-34-46(39-16-7-5-8-17-39)36-47(35-45)44-30-31-50-51(37-44)55(43-28-24-41(25-29-43)53-21-12-14-33-57-53)49-19-10-9-18-48(49)54(50)42-26-22-40(23-27-42)52-20-11-13-32-56-52/h3-37H,2H2,1H3/b4-3-,15-6-. The van der Waals surface area contributed by atoms with E-state index in [1.54, 1.807) is 0 Å². The molecule has 0 radical (unpaired) electrons. The summed E-state index contributed by atoms with van der Waals surface area (Å²) in [6.45, 7) is 6.50. The quantitative estimate of drug-likeness (QED) is 0.109. The predicted molar refractivity (Wildman–Crippen MR) is 243 cm³/mol. The van der Waals surface area contributed by atoms with E-state index in [9.17, 15) is 0 Å². The van der Waals surface area contributed by atoms with E-state index in [4.69, 9.17) is 0 Å². The second kappa shape index (κ2) is 15.7. The maximum Gasteiger partial charge on any atom is 0.0701 e. The Morgan fingerprint density at radius 3 is 1.46 bits per heavy atom. The molecule has 0 unspecified atom stereocenters. The van der Waals surface area contributed by atoms with E-state index >= 15 is 0 Å². The van der Waals surface area contributed by atoms with Gasteiger partial charge < -0.3 is 0 Å². The highest BCUT2D eigenvalue weighted by atomic mass is 14.7. The van der Waals surface area contributed by atoms with Gasteiger partial charge in [0.2, 0.25) is 0 Å².